The summed E-state index contributed by atoms with van der Waals surface area (Å²) in [6.45, 7) is 0.162. The second-order valence-electron chi connectivity index (χ2n) is 2.64. The van der Waals surface area contributed by atoms with Crippen LogP contribution in [0, 0.1) is 5.82 Å². The van der Waals surface area contributed by atoms with Crippen LogP contribution in [0.1, 0.15) is 11.6 Å². The van der Waals surface area contributed by atoms with E-state index in [0.29, 0.717) is 5.56 Å². The van der Waals surface area contributed by atoms with Crippen LogP contribution in [-0.4, -0.2) is 11.7 Å². The van der Waals surface area contributed by atoms with Crippen molar-refractivity contribution in [2.45, 2.75) is 6.04 Å². The second kappa shape index (κ2) is 3.91. The van der Waals surface area contributed by atoms with Crippen LogP contribution in [0.5, 0.6) is 5.75 Å². The van der Waals surface area contributed by atoms with Crippen LogP contribution >= 0.6 is 11.6 Å². The number of benzene rings is 1. The summed E-state index contributed by atoms with van der Waals surface area (Å²) < 4.78 is 12.8. The van der Waals surface area contributed by atoms with Crippen LogP contribution in [-0.2, 0) is 0 Å². The summed E-state index contributed by atoms with van der Waals surface area (Å²) in [5, 5.41) is 9.05. The summed E-state index contributed by atoms with van der Waals surface area (Å²) in [4.78, 5) is 0. The highest BCUT2D eigenvalue weighted by atomic mass is 35.5. The molecule has 1 atom stereocenters. The summed E-state index contributed by atoms with van der Waals surface area (Å²) in [5.41, 5.74) is 11.2. The number of hydrogen-bond donors (Lipinski definition) is 3. The molecule has 13 heavy (non-hydrogen) atoms. The minimum Gasteiger partial charge on any atom is -0.506 e. The summed E-state index contributed by atoms with van der Waals surface area (Å²) in [5.74, 6) is -1.01. The summed E-state index contributed by atoms with van der Waals surface area (Å²) >= 11 is 5.46. The summed E-state index contributed by atoms with van der Waals surface area (Å²) in [7, 11) is 0. The van der Waals surface area contributed by atoms with Gasteiger partial charge in [0, 0.05) is 18.2 Å². The molecule has 0 saturated carbocycles. The zero-order valence-electron chi connectivity index (χ0n) is 6.80. The molecule has 0 radical (unpaired) electrons. The topological polar surface area (TPSA) is 72.3 Å². The number of halogens is 2. The molecule has 0 heterocycles. The second-order valence-corrected chi connectivity index (χ2v) is 3.02. The number of aromatic hydroxyl groups is 1. The van der Waals surface area contributed by atoms with Crippen LogP contribution in [0.4, 0.5) is 4.39 Å². The molecule has 0 saturated heterocycles. The van der Waals surface area contributed by atoms with E-state index < -0.39 is 11.9 Å². The highest BCUT2D eigenvalue weighted by Crippen LogP contribution is 2.32. The molecule has 0 spiro atoms. The Morgan fingerprint density at radius 2 is 2.15 bits per heavy atom. The summed E-state index contributed by atoms with van der Waals surface area (Å²) in [6.07, 6.45) is 0. The highest BCUT2D eigenvalue weighted by Gasteiger charge is 2.14. The Balaban J connectivity index is 3.18. The minimum absolute atomic E-state index is 0.162. The lowest BCUT2D eigenvalue weighted by atomic mass is 10.1. The summed E-state index contributed by atoms with van der Waals surface area (Å²) in [6, 6.07) is 1.99. The average molecular weight is 205 g/mol. The molecular formula is C8H10ClFN2O. The maximum Gasteiger partial charge on any atom is 0.145 e. The van der Waals surface area contributed by atoms with E-state index in [1.807, 2.05) is 0 Å². The zero-order chi connectivity index (χ0) is 10.0. The molecule has 3 nitrogen and oxygen atoms in total. The molecule has 5 N–H and O–H groups in total. The van der Waals surface area contributed by atoms with Gasteiger partial charge in [0.25, 0.3) is 0 Å². The van der Waals surface area contributed by atoms with Gasteiger partial charge in [0.1, 0.15) is 16.6 Å². The van der Waals surface area contributed by atoms with Crippen molar-refractivity contribution in [3.05, 3.63) is 28.5 Å². The van der Waals surface area contributed by atoms with E-state index >= 15 is 0 Å². The molecule has 0 aliphatic rings. The lowest BCUT2D eigenvalue weighted by Crippen LogP contribution is -2.20. The first-order valence-electron chi connectivity index (χ1n) is 3.70. The van der Waals surface area contributed by atoms with Crippen molar-refractivity contribution in [2.75, 3.05) is 6.54 Å². The molecule has 72 valence electrons. The molecule has 5 heteroatoms. The largest absolute Gasteiger partial charge is 0.506 e. The van der Waals surface area contributed by atoms with E-state index in [4.69, 9.17) is 23.1 Å². The van der Waals surface area contributed by atoms with E-state index in [9.17, 15) is 9.50 Å². The van der Waals surface area contributed by atoms with Gasteiger partial charge in [0.05, 0.1) is 0 Å². The van der Waals surface area contributed by atoms with Gasteiger partial charge in [-0.15, -0.1) is 0 Å². The van der Waals surface area contributed by atoms with Crippen molar-refractivity contribution in [3.63, 3.8) is 0 Å². The van der Waals surface area contributed by atoms with Gasteiger partial charge < -0.3 is 16.6 Å². The van der Waals surface area contributed by atoms with E-state index in [0.717, 1.165) is 6.07 Å². The maximum atomic E-state index is 12.8. The molecule has 0 aliphatic heterocycles. The normalized spacial score (nSPS) is 12.9. The van der Waals surface area contributed by atoms with Crippen LogP contribution in [0.2, 0.25) is 5.02 Å². The molecule has 0 fully saturated rings. The molecule has 1 aromatic rings. The third-order valence-electron chi connectivity index (χ3n) is 1.75. The molecule has 0 bridgehead atoms. The monoisotopic (exact) mass is 204 g/mol. The average Bonchev–Trinajstić information content (AvgIpc) is 2.13. The lowest BCUT2D eigenvalue weighted by molar-refractivity contribution is 0.456. The van der Waals surface area contributed by atoms with Gasteiger partial charge in [-0.2, -0.15) is 0 Å². The predicted octanol–water partition coefficient (Wildman–Crippen LogP) is 1.14. The van der Waals surface area contributed by atoms with Crippen molar-refractivity contribution in [2.24, 2.45) is 11.5 Å². The first kappa shape index (κ1) is 10.2. The van der Waals surface area contributed by atoms with Crippen molar-refractivity contribution < 1.29 is 9.50 Å². The molecule has 0 amide bonds. The third-order valence-corrected chi connectivity index (χ3v) is 2.11. The van der Waals surface area contributed by atoms with Gasteiger partial charge in [0.2, 0.25) is 0 Å². The van der Waals surface area contributed by atoms with E-state index in [2.05, 4.69) is 0 Å². The van der Waals surface area contributed by atoms with Crippen LogP contribution in [0.15, 0.2) is 12.1 Å². The molecule has 0 aromatic heterocycles. The van der Waals surface area contributed by atoms with Gasteiger partial charge in [-0.25, -0.2) is 4.39 Å². The van der Waals surface area contributed by atoms with Crippen molar-refractivity contribution >= 4 is 11.6 Å². The number of phenols is 1. The fourth-order valence-corrected chi connectivity index (χ4v) is 1.15. The fourth-order valence-electron chi connectivity index (χ4n) is 0.981. The minimum atomic E-state index is -0.674. The number of nitrogens with two attached hydrogens (primary N) is 2. The number of rotatable bonds is 2. The van der Waals surface area contributed by atoms with E-state index in [1.165, 1.54) is 6.07 Å². The Hall–Kier alpha value is -0.840. The molecular weight excluding hydrogens is 195 g/mol. The molecule has 1 rings (SSSR count). The quantitative estimate of drug-likeness (QED) is 0.677. The van der Waals surface area contributed by atoms with Crippen molar-refractivity contribution in [3.8, 4) is 5.75 Å². The Bertz CT molecular complexity index is 319. The van der Waals surface area contributed by atoms with Crippen LogP contribution < -0.4 is 11.5 Å². The molecule has 0 unspecified atom stereocenters. The van der Waals surface area contributed by atoms with Gasteiger partial charge in [-0.05, 0) is 6.07 Å². The zero-order valence-corrected chi connectivity index (χ0v) is 7.55. The molecule has 0 aliphatic carbocycles. The van der Waals surface area contributed by atoms with E-state index in [-0.39, 0.29) is 17.3 Å². The number of hydrogen-bond acceptors (Lipinski definition) is 3. The smallest absolute Gasteiger partial charge is 0.145 e. The van der Waals surface area contributed by atoms with Gasteiger partial charge in [-0.1, -0.05) is 17.7 Å². The Labute approximate surface area is 80.1 Å². The Kier molecular flexibility index (Phi) is 3.08. The SMILES string of the molecule is NC[C@@H](N)c1ccc(F)c(Cl)c1O. The standard InChI is InChI=1S/C8H10ClFN2O/c9-7-5(10)2-1-4(8(7)13)6(12)3-11/h1-2,6,13H,3,11-12H2/t6-/m1/s1. The van der Waals surface area contributed by atoms with Crippen molar-refractivity contribution in [1.29, 1.82) is 0 Å². The van der Waals surface area contributed by atoms with Gasteiger partial charge >= 0.3 is 0 Å². The molecule has 1 aromatic carbocycles. The van der Waals surface area contributed by atoms with Gasteiger partial charge in [0.15, 0.2) is 0 Å². The highest BCUT2D eigenvalue weighted by molar-refractivity contribution is 6.32. The first-order chi connectivity index (χ1) is 6.07. The Morgan fingerprint density at radius 3 is 2.69 bits per heavy atom. The van der Waals surface area contributed by atoms with Crippen molar-refractivity contribution in [1.82, 2.24) is 0 Å². The Morgan fingerprint density at radius 1 is 1.54 bits per heavy atom. The van der Waals surface area contributed by atoms with Crippen LogP contribution in [0.3, 0.4) is 0 Å². The maximum absolute atomic E-state index is 12.8. The van der Waals surface area contributed by atoms with Crippen LogP contribution in [0.25, 0.3) is 0 Å². The third kappa shape index (κ3) is 1.91. The predicted molar refractivity (Wildman–Crippen MR) is 49.1 cm³/mol. The number of phenolic OH excluding ortho intramolecular Hbond substituents is 1. The van der Waals surface area contributed by atoms with E-state index in [1.54, 1.807) is 0 Å². The fraction of sp³-hybridized carbons (Fsp3) is 0.250. The lowest BCUT2D eigenvalue weighted by Gasteiger charge is -2.12. The van der Waals surface area contributed by atoms with Gasteiger partial charge in [-0.3, -0.25) is 0 Å². The first-order valence-corrected chi connectivity index (χ1v) is 4.08.